The van der Waals surface area contributed by atoms with E-state index in [4.69, 9.17) is 11.0 Å². The van der Waals surface area contributed by atoms with Crippen molar-refractivity contribution in [2.24, 2.45) is 5.73 Å². The third-order valence-electron chi connectivity index (χ3n) is 3.89. The molecule has 2 rings (SSSR count). The smallest absolute Gasteiger partial charge is 0.240 e. The molecular formula is C18H21N3O2S. The first-order valence-corrected chi connectivity index (χ1v) is 9.06. The predicted molar refractivity (Wildman–Crippen MR) is 93.4 cm³/mol. The van der Waals surface area contributed by atoms with E-state index in [0.29, 0.717) is 6.54 Å². The maximum Gasteiger partial charge on any atom is 0.240 e. The molecule has 0 bridgehead atoms. The Balaban J connectivity index is 2.11. The van der Waals surface area contributed by atoms with E-state index >= 15 is 0 Å². The minimum absolute atomic E-state index is 0.179. The lowest BCUT2D eigenvalue weighted by Crippen LogP contribution is -2.23. The highest BCUT2D eigenvalue weighted by Crippen LogP contribution is 2.23. The summed E-state index contributed by atoms with van der Waals surface area (Å²) in [7, 11) is -3.60. The van der Waals surface area contributed by atoms with Gasteiger partial charge in [0.2, 0.25) is 10.0 Å². The normalized spacial score (nSPS) is 11.9. The summed E-state index contributed by atoms with van der Waals surface area (Å²) in [4.78, 5) is 0.179. The number of nitrogens with one attached hydrogen (secondary N) is 1. The molecule has 0 atom stereocenters. The molecule has 0 fully saturated rings. The Kier molecular flexibility index (Phi) is 5.40. The summed E-state index contributed by atoms with van der Waals surface area (Å²) < 4.78 is 27.3. The molecule has 6 heteroatoms. The predicted octanol–water partition coefficient (Wildman–Crippen LogP) is 2.42. The third kappa shape index (κ3) is 4.20. The summed E-state index contributed by atoms with van der Waals surface area (Å²) >= 11 is 0. The summed E-state index contributed by atoms with van der Waals surface area (Å²) in [6.07, 6.45) is 0. The van der Waals surface area contributed by atoms with Crippen LogP contribution in [-0.2, 0) is 28.5 Å². The third-order valence-corrected chi connectivity index (χ3v) is 5.31. The summed E-state index contributed by atoms with van der Waals surface area (Å²) in [5.41, 5.74) is 7.52. The summed E-state index contributed by atoms with van der Waals surface area (Å²) in [6, 6.07) is 16.0. The van der Waals surface area contributed by atoms with Crippen LogP contribution >= 0.6 is 0 Å². The number of hydrogen-bond donors (Lipinski definition) is 2. The fraction of sp³-hybridized carbons (Fsp3) is 0.278. The average molecular weight is 343 g/mol. The van der Waals surface area contributed by atoms with E-state index in [2.05, 4.69) is 10.8 Å². The molecule has 0 spiro atoms. The van der Waals surface area contributed by atoms with E-state index in [9.17, 15) is 8.42 Å². The van der Waals surface area contributed by atoms with Gasteiger partial charge in [0.15, 0.2) is 0 Å². The highest BCUT2D eigenvalue weighted by atomic mass is 32.2. The zero-order valence-corrected chi connectivity index (χ0v) is 14.6. The average Bonchev–Trinajstić information content (AvgIpc) is 2.60. The molecule has 0 unspecified atom stereocenters. The summed E-state index contributed by atoms with van der Waals surface area (Å²) in [6.45, 7) is 4.25. The fourth-order valence-corrected chi connectivity index (χ4v) is 3.19. The van der Waals surface area contributed by atoms with Crippen molar-refractivity contribution < 1.29 is 8.42 Å². The minimum atomic E-state index is -3.60. The number of nitrogens with two attached hydrogens (primary N) is 1. The van der Waals surface area contributed by atoms with Crippen LogP contribution in [0.3, 0.4) is 0 Å². The van der Waals surface area contributed by atoms with Crippen LogP contribution in [0.25, 0.3) is 0 Å². The Labute approximate surface area is 143 Å². The van der Waals surface area contributed by atoms with E-state index in [1.165, 1.54) is 12.1 Å². The van der Waals surface area contributed by atoms with E-state index < -0.39 is 15.4 Å². The van der Waals surface area contributed by atoms with Gasteiger partial charge in [-0.3, -0.25) is 0 Å². The molecule has 2 aromatic rings. The molecule has 0 saturated heterocycles. The molecule has 3 N–H and O–H groups in total. The molecule has 24 heavy (non-hydrogen) atoms. The molecule has 0 aliphatic rings. The van der Waals surface area contributed by atoms with Crippen molar-refractivity contribution in [1.82, 2.24) is 4.72 Å². The van der Waals surface area contributed by atoms with Crippen molar-refractivity contribution in [1.29, 1.82) is 5.26 Å². The number of benzene rings is 2. The van der Waals surface area contributed by atoms with Crippen LogP contribution in [0.1, 0.15) is 30.5 Å². The lowest BCUT2D eigenvalue weighted by atomic mass is 9.87. The Morgan fingerprint density at radius 3 is 2.08 bits per heavy atom. The molecule has 2 aromatic carbocycles. The SMILES string of the molecule is CC(C)(C#N)c1ccc(S(=O)(=O)NCc2ccc(CN)cc2)cc1. The fourth-order valence-electron chi connectivity index (χ4n) is 2.17. The van der Waals surface area contributed by atoms with Crippen molar-refractivity contribution in [3.05, 3.63) is 65.2 Å². The van der Waals surface area contributed by atoms with E-state index in [1.54, 1.807) is 26.0 Å². The molecule has 0 amide bonds. The van der Waals surface area contributed by atoms with Gasteiger partial charge in [-0.15, -0.1) is 0 Å². The molecule has 0 aliphatic carbocycles. The summed E-state index contributed by atoms with van der Waals surface area (Å²) in [5.74, 6) is 0. The Hall–Kier alpha value is -2.20. The first kappa shape index (κ1) is 18.1. The largest absolute Gasteiger partial charge is 0.326 e. The topological polar surface area (TPSA) is 96.0 Å². The van der Waals surface area contributed by atoms with Gasteiger partial charge in [-0.25, -0.2) is 13.1 Å². The van der Waals surface area contributed by atoms with Gasteiger partial charge < -0.3 is 5.73 Å². The van der Waals surface area contributed by atoms with Gasteiger partial charge in [-0.05, 0) is 42.7 Å². The quantitative estimate of drug-likeness (QED) is 0.842. The number of nitriles is 1. The van der Waals surface area contributed by atoms with Crippen molar-refractivity contribution in [2.45, 2.75) is 37.2 Å². The van der Waals surface area contributed by atoms with Crippen LogP contribution < -0.4 is 10.5 Å². The Morgan fingerprint density at radius 1 is 1.04 bits per heavy atom. The van der Waals surface area contributed by atoms with Crippen molar-refractivity contribution in [3.8, 4) is 6.07 Å². The van der Waals surface area contributed by atoms with Gasteiger partial charge in [0.05, 0.1) is 16.4 Å². The van der Waals surface area contributed by atoms with Gasteiger partial charge in [-0.1, -0.05) is 36.4 Å². The van der Waals surface area contributed by atoms with E-state index in [0.717, 1.165) is 16.7 Å². The number of rotatable bonds is 6. The van der Waals surface area contributed by atoms with E-state index in [-0.39, 0.29) is 11.4 Å². The van der Waals surface area contributed by atoms with Crippen molar-refractivity contribution in [2.75, 3.05) is 0 Å². The standard InChI is InChI=1S/C18H21N3O2S/c1-18(2,13-20)16-7-9-17(10-8-16)24(22,23)21-12-15-5-3-14(11-19)4-6-15/h3-10,21H,11-12,19H2,1-2H3. The second-order valence-electron chi connectivity index (χ2n) is 6.11. The highest BCUT2D eigenvalue weighted by Gasteiger charge is 2.21. The second-order valence-corrected chi connectivity index (χ2v) is 7.87. The van der Waals surface area contributed by atoms with Gasteiger partial charge in [0.1, 0.15) is 0 Å². The highest BCUT2D eigenvalue weighted by molar-refractivity contribution is 7.89. The van der Waals surface area contributed by atoms with Crippen LogP contribution in [0.15, 0.2) is 53.4 Å². The minimum Gasteiger partial charge on any atom is -0.326 e. The Bertz CT molecular complexity index is 833. The van der Waals surface area contributed by atoms with Crippen LogP contribution in [0.2, 0.25) is 0 Å². The van der Waals surface area contributed by atoms with Crippen molar-refractivity contribution in [3.63, 3.8) is 0 Å². The number of sulfonamides is 1. The van der Waals surface area contributed by atoms with Crippen LogP contribution in [-0.4, -0.2) is 8.42 Å². The molecule has 126 valence electrons. The second kappa shape index (κ2) is 7.14. The monoisotopic (exact) mass is 343 g/mol. The number of hydrogen-bond acceptors (Lipinski definition) is 4. The van der Waals surface area contributed by atoms with Gasteiger partial charge >= 0.3 is 0 Å². The maximum absolute atomic E-state index is 12.4. The first-order valence-electron chi connectivity index (χ1n) is 7.58. The zero-order chi connectivity index (χ0) is 17.8. The van der Waals surface area contributed by atoms with Crippen LogP contribution in [0, 0.1) is 11.3 Å². The lowest BCUT2D eigenvalue weighted by molar-refractivity contribution is 0.581. The molecule has 0 saturated carbocycles. The zero-order valence-electron chi connectivity index (χ0n) is 13.8. The molecule has 0 radical (unpaired) electrons. The van der Waals surface area contributed by atoms with Crippen LogP contribution in [0.4, 0.5) is 0 Å². The van der Waals surface area contributed by atoms with Crippen molar-refractivity contribution >= 4 is 10.0 Å². The molecule has 5 nitrogen and oxygen atoms in total. The Morgan fingerprint density at radius 2 is 1.58 bits per heavy atom. The number of nitrogens with zero attached hydrogens (tertiary/aromatic N) is 1. The molecule has 0 heterocycles. The maximum atomic E-state index is 12.4. The van der Waals surface area contributed by atoms with Gasteiger partial charge in [0.25, 0.3) is 0 Å². The molecule has 0 aromatic heterocycles. The van der Waals surface area contributed by atoms with E-state index in [1.807, 2.05) is 24.3 Å². The van der Waals surface area contributed by atoms with Gasteiger partial charge in [0, 0.05) is 13.1 Å². The molecule has 0 aliphatic heterocycles. The molecular weight excluding hydrogens is 322 g/mol. The lowest BCUT2D eigenvalue weighted by Gasteiger charge is -2.16. The van der Waals surface area contributed by atoms with Gasteiger partial charge in [-0.2, -0.15) is 5.26 Å². The first-order chi connectivity index (χ1) is 11.3. The summed E-state index contributed by atoms with van der Waals surface area (Å²) in [5, 5.41) is 9.14. The van der Waals surface area contributed by atoms with Crippen LogP contribution in [0.5, 0.6) is 0 Å².